The number of benzene rings is 1. The Morgan fingerprint density at radius 1 is 1.15 bits per heavy atom. The summed E-state index contributed by atoms with van der Waals surface area (Å²) in [6, 6.07) is 8.38. The number of pyridine rings is 1. The van der Waals surface area contributed by atoms with E-state index in [1.54, 1.807) is 6.08 Å². The molecule has 1 unspecified atom stereocenters. The standard InChI is InChI=1S/C24H33NO2/c1-4-6-10-16-26-20(3)11-8-7-9-12-21-13-14-22-18-24(27-15-5-2)25-19-23(22)17-21/h5,9,12-14,17-20H,2,4,6-8,10-11,15-16H2,1,3H3. The molecule has 0 amide bonds. The molecule has 146 valence electrons. The number of ether oxygens (including phenoxy) is 2. The van der Waals surface area contributed by atoms with Gasteiger partial charge in [-0.3, -0.25) is 0 Å². The predicted molar refractivity (Wildman–Crippen MR) is 115 cm³/mol. The van der Waals surface area contributed by atoms with Gasteiger partial charge in [0.2, 0.25) is 5.88 Å². The molecule has 3 nitrogen and oxygen atoms in total. The molecule has 2 rings (SSSR count). The Morgan fingerprint density at radius 2 is 2.04 bits per heavy atom. The van der Waals surface area contributed by atoms with Crippen molar-refractivity contribution in [2.45, 2.75) is 58.5 Å². The first-order valence-electron chi connectivity index (χ1n) is 10.1. The van der Waals surface area contributed by atoms with Crippen LogP contribution in [0.15, 0.2) is 49.2 Å². The molecular weight excluding hydrogens is 334 g/mol. The number of hydrogen-bond acceptors (Lipinski definition) is 3. The highest BCUT2D eigenvalue weighted by Crippen LogP contribution is 2.20. The first-order chi connectivity index (χ1) is 13.2. The molecule has 0 aliphatic carbocycles. The fourth-order valence-corrected chi connectivity index (χ4v) is 2.93. The molecule has 27 heavy (non-hydrogen) atoms. The zero-order chi connectivity index (χ0) is 19.3. The van der Waals surface area contributed by atoms with E-state index in [2.05, 4.69) is 55.8 Å². The van der Waals surface area contributed by atoms with Crippen molar-refractivity contribution in [3.8, 4) is 5.88 Å². The highest BCUT2D eigenvalue weighted by Gasteiger charge is 2.01. The van der Waals surface area contributed by atoms with Gasteiger partial charge in [0.15, 0.2) is 0 Å². The Kier molecular flexibility index (Phi) is 9.64. The van der Waals surface area contributed by atoms with Gasteiger partial charge in [0.05, 0.1) is 6.10 Å². The highest BCUT2D eigenvalue weighted by molar-refractivity contribution is 5.84. The van der Waals surface area contributed by atoms with Gasteiger partial charge < -0.3 is 9.47 Å². The quantitative estimate of drug-likeness (QED) is 0.296. The summed E-state index contributed by atoms with van der Waals surface area (Å²) in [7, 11) is 0. The van der Waals surface area contributed by atoms with Gasteiger partial charge in [-0.1, -0.05) is 56.7 Å². The minimum Gasteiger partial charge on any atom is -0.473 e. The van der Waals surface area contributed by atoms with Crippen LogP contribution in [-0.4, -0.2) is 24.3 Å². The molecule has 0 radical (unpaired) electrons. The van der Waals surface area contributed by atoms with Gasteiger partial charge >= 0.3 is 0 Å². The molecule has 1 heterocycles. The van der Waals surface area contributed by atoms with E-state index in [0.29, 0.717) is 18.6 Å². The van der Waals surface area contributed by atoms with Crippen molar-refractivity contribution in [2.24, 2.45) is 0 Å². The Labute approximate surface area is 164 Å². The number of hydrogen-bond donors (Lipinski definition) is 0. The van der Waals surface area contributed by atoms with Crippen LogP contribution in [0, 0.1) is 0 Å². The van der Waals surface area contributed by atoms with Crippen LogP contribution in [0.4, 0.5) is 0 Å². The van der Waals surface area contributed by atoms with E-state index in [0.717, 1.165) is 36.6 Å². The molecule has 0 aliphatic heterocycles. The van der Waals surface area contributed by atoms with Crippen LogP contribution in [0.3, 0.4) is 0 Å². The number of fused-ring (bicyclic) bond motifs is 1. The average Bonchev–Trinajstić information content (AvgIpc) is 2.69. The third kappa shape index (κ3) is 7.96. The van der Waals surface area contributed by atoms with Crippen LogP contribution in [0.2, 0.25) is 0 Å². The maximum Gasteiger partial charge on any atom is 0.214 e. The van der Waals surface area contributed by atoms with Gasteiger partial charge in [0, 0.05) is 24.3 Å². The number of allylic oxidation sites excluding steroid dienone is 1. The second-order valence-corrected chi connectivity index (χ2v) is 6.95. The number of nitrogens with zero attached hydrogens (tertiary/aromatic N) is 1. The Hall–Kier alpha value is -2.13. The van der Waals surface area contributed by atoms with Crippen molar-refractivity contribution in [2.75, 3.05) is 13.2 Å². The van der Waals surface area contributed by atoms with Gasteiger partial charge in [-0.25, -0.2) is 4.98 Å². The van der Waals surface area contributed by atoms with Crippen LogP contribution in [0.1, 0.15) is 57.9 Å². The molecule has 0 saturated carbocycles. The van der Waals surface area contributed by atoms with Crippen molar-refractivity contribution in [3.63, 3.8) is 0 Å². The van der Waals surface area contributed by atoms with Crippen molar-refractivity contribution in [1.29, 1.82) is 0 Å². The summed E-state index contributed by atoms with van der Waals surface area (Å²) in [4.78, 5) is 4.34. The molecule has 0 bridgehead atoms. The summed E-state index contributed by atoms with van der Waals surface area (Å²) in [6.07, 6.45) is 15.4. The average molecular weight is 368 g/mol. The smallest absolute Gasteiger partial charge is 0.214 e. The summed E-state index contributed by atoms with van der Waals surface area (Å²) in [6.45, 7) is 9.43. The van der Waals surface area contributed by atoms with E-state index < -0.39 is 0 Å². The van der Waals surface area contributed by atoms with Crippen molar-refractivity contribution in [1.82, 2.24) is 4.98 Å². The van der Waals surface area contributed by atoms with E-state index in [-0.39, 0.29) is 0 Å². The Bertz CT molecular complexity index is 723. The van der Waals surface area contributed by atoms with Crippen molar-refractivity contribution in [3.05, 3.63) is 54.8 Å². The summed E-state index contributed by atoms with van der Waals surface area (Å²) in [5, 5.41) is 2.26. The zero-order valence-corrected chi connectivity index (χ0v) is 16.8. The summed E-state index contributed by atoms with van der Waals surface area (Å²) >= 11 is 0. The SMILES string of the molecule is C=CCOc1cc2ccc(C=CCCCC(C)OCCCCC)cc2cn1. The Balaban J connectivity index is 1.76. The number of unbranched alkanes of at least 4 members (excludes halogenated alkanes) is 3. The lowest BCUT2D eigenvalue weighted by Gasteiger charge is -2.12. The van der Waals surface area contributed by atoms with Crippen molar-refractivity contribution < 1.29 is 9.47 Å². The molecule has 0 aliphatic rings. The lowest BCUT2D eigenvalue weighted by molar-refractivity contribution is 0.0566. The largest absolute Gasteiger partial charge is 0.473 e. The Morgan fingerprint density at radius 3 is 2.85 bits per heavy atom. The lowest BCUT2D eigenvalue weighted by atomic mass is 10.1. The van der Waals surface area contributed by atoms with Gasteiger partial charge in [-0.05, 0) is 49.6 Å². The fraction of sp³-hybridized carbons (Fsp3) is 0.458. The molecule has 1 aromatic heterocycles. The van der Waals surface area contributed by atoms with Gasteiger partial charge in [0.1, 0.15) is 6.61 Å². The number of aromatic nitrogens is 1. The topological polar surface area (TPSA) is 31.4 Å². The van der Waals surface area contributed by atoms with E-state index in [1.165, 1.54) is 24.8 Å². The summed E-state index contributed by atoms with van der Waals surface area (Å²) in [5.41, 5.74) is 1.20. The van der Waals surface area contributed by atoms with E-state index in [4.69, 9.17) is 9.47 Å². The minimum atomic E-state index is 0.361. The molecule has 2 aromatic rings. The summed E-state index contributed by atoms with van der Waals surface area (Å²) < 4.78 is 11.3. The highest BCUT2D eigenvalue weighted by atomic mass is 16.5. The van der Waals surface area contributed by atoms with Gasteiger partial charge in [-0.2, -0.15) is 0 Å². The van der Waals surface area contributed by atoms with Gasteiger partial charge in [-0.15, -0.1) is 0 Å². The second kappa shape index (κ2) is 12.3. The van der Waals surface area contributed by atoms with Crippen LogP contribution in [-0.2, 0) is 4.74 Å². The van der Waals surface area contributed by atoms with Crippen LogP contribution in [0.5, 0.6) is 5.88 Å². The van der Waals surface area contributed by atoms with Crippen molar-refractivity contribution >= 4 is 16.8 Å². The van der Waals surface area contributed by atoms with Gasteiger partial charge in [0.25, 0.3) is 0 Å². The first-order valence-corrected chi connectivity index (χ1v) is 10.1. The summed E-state index contributed by atoms with van der Waals surface area (Å²) in [5.74, 6) is 0.636. The molecule has 1 atom stereocenters. The first kappa shape index (κ1) is 21.2. The maximum absolute atomic E-state index is 5.84. The van der Waals surface area contributed by atoms with E-state index in [1.807, 2.05) is 12.3 Å². The molecule has 0 fully saturated rings. The maximum atomic E-state index is 5.84. The third-order valence-corrected chi connectivity index (χ3v) is 4.51. The molecular formula is C24H33NO2. The molecule has 0 N–H and O–H groups in total. The van der Waals surface area contributed by atoms with E-state index >= 15 is 0 Å². The zero-order valence-electron chi connectivity index (χ0n) is 16.8. The molecule has 0 spiro atoms. The monoisotopic (exact) mass is 367 g/mol. The number of rotatable bonds is 13. The fourth-order valence-electron chi connectivity index (χ4n) is 2.93. The normalized spacial score (nSPS) is 12.5. The van der Waals surface area contributed by atoms with Crippen LogP contribution >= 0.6 is 0 Å². The molecule has 3 heteroatoms. The third-order valence-electron chi connectivity index (χ3n) is 4.51. The second-order valence-electron chi connectivity index (χ2n) is 6.95. The molecule has 0 saturated heterocycles. The van der Waals surface area contributed by atoms with E-state index in [9.17, 15) is 0 Å². The van der Waals surface area contributed by atoms with Crippen LogP contribution < -0.4 is 4.74 Å². The molecule has 1 aromatic carbocycles. The lowest BCUT2D eigenvalue weighted by Crippen LogP contribution is -2.08. The minimum absolute atomic E-state index is 0.361. The van der Waals surface area contributed by atoms with Crippen LogP contribution in [0.25, 0.3) is 16.8 Å². The predicted octanol–water partition coefficient (Wildman–Crippen LogP) is 6.58.